The summed E-state index contributed by atoms with van der Waals surface area (Å²) in [5, 5.41) is 18.0. The smallest absolute Gasteiger partial charge is 0.0578 e. The van der Waals surface area contributed by atoms with E-state index in [4.69, 9.17) is 5.11 Å². The van der Waals surface area contributed by atoms with Crippen LogP contribution in [0.4, 0.5) is 0 Å². The molecule has 1 aliphatic rings. The van der Waals surface area contributed by atoms with Crippen molar-refractivity contribution in [2.45, 2.75) is 19.4 Å². The van der Waals surface area contributed by atoms with Gasteiger partial charge in [-0.1, -0.05) is 12.2 Å². The van der Waals surface area contributed by atoms with Gasteiger partial charge in [0.1, 0.15) is 0 Å². The van der Waals surface area contributed by atoms with E-state index >= 15 is 0 Å². The van der Waals surface area contributed by atoms with Crippen molar-refractivity contribution in [2.75, 3.05) is 6.61 Å². The Morgan fingerprint density at radius 3 is 2.80 bits per heavy atom. The molecule has 2 N–H and O–H groups in total. The molecule has 1 rings (SSSR count). The van der Waals surface area contributed by atoms with Crippen molar-refractivity contribution in [1.82, 2.24) is 0 Å². The van der Waals surface area contributed by atoms with Gasteiger partial charge in [0.2, 0.25) is 0 Å². The molecule has 0 saturated heterocycles. The van der Waals surface area contributed by atoms with Gasteiger partial charge in [-0.25, -0.2) is 0 Å². The number of allylic oxidation sites excluding steroid dienone is 1. The molecule has 0 aromatic carbocycles. The highest BCUT2D eigenvalue weighted by molar-refractivity contribution is 5.02. The first-order valence-electron chi connectivity index (χ1n) is 3.71. The van der Waals surface area contributed by atoms with Crippen molar-refractivity contribution in [2.24, 2.45) is 11.8 Å². The molecule has 0 bridgehead atoms. The molecule has 0 saturated carbocycles. The van der Waals surface area contributed by atoms with Crippen molar-refractivity contribution in [1.29, 1.82) is 0 Å². The molecular weight excluding hydrogens is 128 g/mol. The first-order valence-corrected chi connectivity index (χ1v) is 3.71. The van der Waals surface area contributed by atoms with Crippen molar-refractivity contribution in [3.05, 3.63) is 12.2 Å². The molecule has 58 valence electrons. The van der Waals surface area contributed by atoms with Gasteiger partial charge in [-0.05, 0) is 19.3 Å². The zero-order chi connectivity index (χ0) is 7.56. The fourth-order valence-electron chi connectivity index (χ4n) is 1.48. The van der Waals surface area contributed by atoms with E-state index in [1.165, 1.54) is 0 Å². The van der Waals surface area contributed by atoms with Gasteiger partial charge >= 0.3 is 0 Å². The minimum absolute atomic E-state index is 0.171. The van der Waals surface area contributed by atoms with Crippen molar-refractivity contribution >= 4 is 0 Å². The molecule has 0 heterocycles. The standard InChI is InChI=1S/C8H14O2/c1-6(10)8-4-2-3-7(8)5-9/h2,4,6-10H,3,5H2,1H3/t6-,7-,8+/m0/s1. The number of aliphatic hydroxyl groups excluding tert-OH is 2. The Labute approximate surface area is 61.2 Å². The normalized spacial score (nSPS) is 34.7. The molecule has 0 spiro atoms. The Morgan fingerprint density at radius 1 is 1.70 bits per heavy atom. The molecule has 0 aromatic heterocycles. The topological polar surface area (TPSA) is 40.5 Å². The summed E-state index contributed by atoms with van der Waals surface area (Å²) >= 11 is 0. The summed E-state index contributed by atoms with van der Waals surface area (Å²) in [6.07, 6.45) is 4.60. The third kappa shape index (κ3) is 1.39. The highest BCUT2D eigenvalue weighted by atomic mass is 16.3. The predicted molar refractivity (Wildman–Crippen MR) is 39.5 cm³/mol. The summed E-state index contributed by atoms with van der Waals surface area (Å²) in [6.45, 7) is 1.95. The molecule has 2 nitrogen and oxygen atoms in total. The Balaban J connectivity index is 2.49. The van der Waals surface area contributed by atoms with Crippen LogP contribution in [-0.2, 0) is 0 Å². The maximum absolute atomic E-state index is 9.19. The molecular formula is C8H14O2. The van der Waals surface area contributed by atoms with Crippen LogP contribution in [0.2, 0.25) is 0 Å². The molecule has 0 amide bonds. The average molecular weight is 142 g/mol. The van der Waals surface area contributed by atoms with E-state index in [0.29, 0.717) is 0 Å². The Bertz CT molecular complexity index is 129. The van der Waals surface area contributed by atoms with Crippen LogP contribution >= 0.6 is 0 Å². The molecule has 0 unspecified atom stereocenters. The van der Waals surface area contributed by atoms with Crippen LogP contribution in [-0.4, -0.2) is 22.9 Å². The van der Waals surface area contributed by atoms with Crippen LogP contribution in [0.25, 0.3) is 0 Å². The molecule has 2 heteroatoms. The van der Waals surface area contributed by atoms with Gasteiger partial charge in [0.25, 0.3) is 0 Å². The van der Waals surface area contributed by atoms with Gasteiger partial charge in [-0.2, -0.15) is 0 Å². The minimum Gasteiger partial charge on any atom is -0.396 e. The number of hydrogen-bond acceptors (Lipinski definition) is 2. The van der Waals surface area contributed by atoms with Gasteiger partial charge < -0.3 is 10.2 Å². The molecule has 3 atom stereocenters. The highest BCUT2D eigenvalue weighted by Gasteiger charge is 2.25. The lowest BCUT2D eigenvalue weighted by Gasteiger charge is -2.18. The summed E-state index contributed by atoms with van der Waals surface area (Å²) in [4.78, 5) is 0. The van der Waals surface area contributed by atoms with Crippen LogP contribution in [0.15, 0.2) is 12.2 Å². The van der Waals surface area contributed by atoms with E-state index < -0.39 is 0 Å². The van der Waals surface area contributed by atoms with E-state index in [-0.39, 0.29) is 24.5 Å². The lowest BCUT2D eigenvalue weighted by atomic mass is 9.92. The van der Waals surface area contributed by atoms with Crippen LogP contribution in [0, 0.1) is 11.8 Å². The van der Waals surface area contributed by atoms with E-state index in [9.17, 15) is 5.11 Å². The second kappa shape index (κ2) is 3.17. The minimum atomic E-state index is -0.323. The summed E-state index contributed by atoms with van der Waals surface area (Å²) in [5.74, 6) is 0.421. The zero-order valence-electron chi connectivity index (χ0n) is 6.20. The zero-order valence-corrected chi connectivity index (χ0v) is 6.20. The Hall–Kier alpha value is -0.340. The quantitative estimate of drug-likeness (QED) is 0.553. The monoisotopic (exact) mass is 142 g/mol. The third-order valence-electron chi connectivity index (χ3n) is 2.13. The SMILES string of the molecule is C[C@H](O)[C@H]1C=CC[C@H]1CO. The lowest BCUT2D eigenvalue weighted by molar-refractivity contribution is 0.0938. The first-order chi connectivity index (χ1) is 4.75. The first kappa shape index (κ1) is 7.76. The summed E-state index contributed by atoms with van der Waals surface area (Å²) in [7, 11) is 0. The average Bonchev–Trinajstić information content (AvgIpc) is 2.33. The molecule has 0 aromatic rings. The van der Waals surface area contributed by atoms with Gasteiger partial charge in [0.15, 0.2) is 0 Å². The van der Waals surface area contributed by atoms with Gasteiger partial charge in [-0.3, -0.25) is 0 Å². The van der Waals surface area contributed by atoms with E-state index in [2.05, 4.69) is 0 Å². The molecule has 0 radical (unpaired) electrons. The van der Waals surface area contributed by atoms with Crippen molar-refractivity contribution < 1.29 is 10.2 Å². The van der Waals surface area contributed by atoms with E-state index in [1.54, 1.807) is 6.92 Å². The molecule has 10 heavy (non-hydrogen) atoms. The molecule has 0 fully saturated rings. The number of rotatable bonds is 2. The second-order valence-electron chi connectivity index (χ2n) is 2.92. The maximum Gasteiger partial charge on any atom is 0.0578 e. The van der Waals surface area contributed by atoms with E-state index in [1.807, 2.05) is 12.2 Å². The van der Waals surface area contributed by atoms with Gasteiger partial charge in [-0.15, -0.1) is 0 Å². The molecule has 1 aliphatic carbocycles. The number of aliphatic hydroxyl groups is 2. The summed E-state index contributed by atoms with van der Waals surface area (Å²) in [5.41, 5.74) is 0. The predicted octanol–water partition coefficient (Wildman–Crippen LogP) is 0.552. The van der Waals surface area contributed by atoms with Crippen LogP contribution in [0.3, 0.4) is 0 Å². The van der Waals surface area contributed by atoms with Gasteiger partial charge in [0, 0.05) is 12.5 Å². The summed E-state index contributed by atoms with van der Waals surface area (Å²) < 4.78 is 0. The van der Waals surface area contributed by atoms with Crippen LogP contribution in [0.1, 0.15) is 13.3 Å². The Morgan fingerprint density at radius 2 is 2.40 bits per heavy atom. The Kier molecular flexibility index (Phi) is 2.46. The van der Waals surface area contributed by atoms with Crippen molar-refractivity contribution in [3.8, 4) is 0 Å². The maximum atomic E-state index is 9.19. The van der Waals surface area contributed by atoms with E-state index in [0.717, 1.165) is 6.42 Å². The fourth-order valence-corrected chi connectivity index (χ4v) is 1.48. The fraction of sp³-hybridized carbons (Fsp3) is 0.750. The second-order valence-corrected chi connectivity index (χ2v) is 2.92. The summed E-state index contributed by atoms with van der Waals surface area (Å²) in [6, 6.07) is 0. The largest absolute Gasteiger partial charge is 0.396 e. The van der Waals surface area contributed by atoms with Crippen LogP contribution in [0.5, 0.6) is 0 Å². The number of hydrogen-bond donors (Lipinski definition) is 2. The van der Waals surface area contributed by atoms with Gasteiger partial charge in [0.05, 0.1) is 6.10 Å². The van der Waals surface area contributed by atoms with Crippen LogP contribution < -0.4 is 0 Å². The van der Waals surface area contributed by atoms with Crippen molar-refractivity contribution in [3.63, 3.8) is 0 Å². The lowest BCUT2D eigenvalue weighted by Crippen LogP contribution is -2.22. The molecule has 0 aliphatic heterocycles. The third-order valence-corrected chi connectivity index (χ3v) is 2.13. The highest BCUT2D eigenvalue weighted by Crippen LogP contribution is 2.27.